The Balaban J connectivity index is 2.30. The molecule has 2 unspecified atom stereocenters. The van der Waals surface area contributed by atoms with Gasteiger partial charge in [0.25, 0.3) is 0 Å². The molecule has 2 atom stereocenters. The third kappa shape index (κ3) is 5.17. The van der Waals surface area contributed by atoms with Crippen molar-refractivity contribution in [2.45, 2.75) is 52.4 Å². The van der Waals surface area contributed by atoms with Gasteiger partial charge in [0.15, 0.2) is 6.10 Å². The van der Waals surface area contributed by atoms with Crippen molar-refractivity contribution < 1.29 is 28.2 Å². The third-order valence-corrected chi connectivity index (χ3v) is 4.01. The molecular weight excluding hydrogens is 409 g/mol. The number of rotatable bonds is 6. The Morgan fingerprint density at radius 1 is 1.46 bits per heavy atom. The van der Waals surface area contributed by atoms with Gasteiger partial charge in [-0.2, -0.15) is 0 Å². The number of benzene rings is 1. The Kier molecular flexibility index (Phi) is 6.63. The summed E-state index contributed by atoms with van der Waals surface area (Å²) in [6.45, 7) is 9.43. The molecule has 0 amide bonds. The molecule has 1 aliphatic heterocycles. The van der Waals surface area contributed by atoms with Crippen molar-refractivity contribution in [2.24, 2.45) is 5.16 Å². The van der Waals surface area contributed by atoms with Crippen molar-refractivity contribution in [2.75, 3.05) is 13.2 Å². The Bertz CT molecular complexity index is 702. The highest BCUT2D eigenvalue weighted by Crippen LogP contribution is 2.31. The highest BCUT2D eigenvalue weighted by Gasteiger charge is 2.30. The maximum atomic E-state index is 14.1. The smallest absolute Gasteiger partial charge is 0.347 e. The minimum atomic E-state index is -0.929. The number of hydrogen-bond acceptors (Lipinski definition) is 6. The molecule has 1 heterocycles. The van der Waals surface area contributed by atoms with Gasteiger partial charge in [-0.25, -0.2) is 9.18 Å². The molecule has 144 valence electrons. The van der Waals surface area contributed by atoms with Crippen LogP contribution >= 0.6 is 15.9 Å². The second-order valence-electron chi connectivity index (χ2n) is 6.77. The second kappa shape index (κ2) is 8.35. The van der Waals surface area contributed by atoms with Gasteiger partial charge in [-0.1, -0.05) is 5.16 Å². The summed E-state index contributed by atoms with van der Waals surface area (Å²) in [5.41, 5.74) is 0.329. The van der Waals surface area contributed by atoms with Crippen molar-refractivity contribution in [1.82, 2.24) is 0 Å². The summed E-state index contributed by atoms with van der Waals surface area (Å²) in [6.07, 6.45) is -1.32. The summed E-state index contributed by atoms with van der Waals surface area (Å²) in [6, 6.07) is 2.73. The summed E-state index contributed by atoms with van der Waals surface area (Å²) in [4.78, 5) is 17.3. The molecule has 0 aliphatic carbocycles. The average Bonchev–Trinajstić information content (AvgIpc) is 2.97. The van der Waals surface area contributed by atoms with Crippen LogP contribution in [0.25, 0.3) is 0 Å². The molecule has 6 nitrogen and oxygen atoms in total. The lowest BCUT2D eigenvalue weighted by Crippen LogP contribution is -2.34. The van der Waals surface area contributed by atoms with Gasteiger partial charge in [0.2, 0.25) is 0 Å². The van der Waals surface area contributed by atoms with E-state index in [-0.39, 0.29) is 16.8 Å². The molecule has 0 bridgehead atoms. The van der Waals surface area contributed by atoms with E-state index in [9.17, 15) is 9.18 Å². The summed E-state index contributed by atoms with van der Waals surface area (Å²) in [7, 11) is 0. The van der Waals surface area contributed by atoms with Crippen LogP contribution in [0, 0.1) is 5.82 Å². The summed E-state index contributed by atoms with van der Waals surface area (Å²) in [5.74, 6) is -0.900. The molecule has 0 saturated carbocycles. The van der Waals surface area contributed by atoms with Crippen LogP contribution < -0.4 is 4.74 Å². The molecule has 8 heteroatoms. The molecule has 1 aromatic rings. The SMILES string of the molecule is CCOC1CON=C1c1cc(Br)c(F)cc1OC(C)C(=O)OC(C)(C)C. The largest absolute Gasteiger partial charge is 0.478 e. The predicted molar refractivity (Wildman–Crippen MR) is 97.9 cm³/mol. The lowest BCUT2D eigenvalue weighted by molar-refractivity contribution is -0.162. The van der Waals surface area contributed by atoms with Gasteiger partial charge >= 0.3 is 5.97 Å². The van der Waals surface area contributed by atoms with Crippen LogP contribution in [-0.2, 0) is 19.1 Å². The fourth-order valence-corrected chi connectivity index (χ4v) is 2.66. The van der Waals surface area contributed by atoms with Gasteiger partial charge in [-0.3, -0.25) is 0 Å². The van der Waals surface area contributed by atoms with Crippen molar-refractivity contribution in [3.05, 3.63) is 28.0 Å². The lowest BCUT2D eigenvalue weighted by Gasteiger charge is -2.23. The number of oxime groups is 1. The van der Waals surface area contributed by atoms with Crippen LogP contribution in [0.5, 0.6) is 5.75 Å². The van der Waals surface area contributed by atoms with Gasteiger partial charge in [0, 0.05) is 18.2 Å². The number of ether oxygens (including phenoxy) is 3. The van der Waals surface area contributed by atoms with Gasteiger partial charge in [-0.05, 0) is 56.6 Å². The summed E-state index contributed by atoms with van der Waals surface area (Å²) in [5, 5.41) is 4.00. The molecule has 0 spiro atoms. The van der Waals surface area contributed by atoms with E-state index in [4.69, 9.17) is 19.0 Å². The molecular formula is C18H23BrFNO5. The average molecular weight is 432 g/mol. The highest BCUT2D eigenvalue weighted by molar-refractivity contribution is 9.10. The molecule has 1 aromatic carbocycles. The van der Waals surface area contributed by atoms with Crippen LogP contribution in [0.2, 0.25) is 0 Å². The summed E-state index contributed by atoms with van der Waals surface area (Å²) >= 11 is 3.16. The van der Waals surface area contributed by atoms with Crippen LogP contribution in [0.1, 0.15) is 40.2 Å². The fraction of sp³-hybridized carbons (Fsp3) is 0.556. The minimum Gasteiger partial charge on any atom is -0.478 e. The van der Waals surface area contributed by atoms with E-state index in [0.717, 1.165) is 0 Å². The number of carbonyl (C=O) groups is 1. The van der Waals surface area contributed by atoms with Gasteiger partial charge in [0.1, 0.15) is 35.6 Å². The normalized spacial score (nSPS) is 18.1. The first kappa shape index (κ1) is 20.6. The first-order valence-corrected chi connectivity index (χ1v) is 9.12. The zero-order valence-corrected chi connectivity index (χ0v) is 17.1. The topological polar surface area (TPSA) is 66.3 Å². The highest BCUT2D eigenvalue weighted by atomic mass is 79.9. The monoisotopic (exact) mass is 431 g/mol. The zero-order valence-electron chi connectivity index (χ0n) is 15.5. The number of hydrogen-bond donors (Lipinski definition) is 0. The van der Waals surface area contributed by atoms with E-state index >= 15 is 0 Å². The predicted octanol–water partition coefficient (Wildman–Crippen LogP) is 3.84. The van der Waals surface area contributed by atoms with Crippen LogP contribution in [0.3, 0.4) is 0 Å². The first-order chi connectivity index (χ1) is 12.1. The molecule has 0 fully saturated rings. The molecule has 2 rings (SSSR count). The maximum Gasteiger partial charge on any atom is 0.347 e. The Hall–Kier alpha value is -1.67. The first-order valence-electron chi connectivity index (χ1n) is 8.32. The standard InChI is InChI=1S/C18H23BrFNO5/c1-6-23-15-9-24-21-16(15)11-7-12(19)13(20)8-14(11)25-10(2)17(22)26-18(3,4)5/h7-8,10,15H,6,9H2,1-5H3. The molecule has 26 heavy (non-hydrogen) atoms. The Morgan fingerprint density at radius 2 is 2.15 bits per heavy atom. The number of nitrogens with zero attached hydrogens (tertiary/aromatic N) is 1. The molecule has 0 saturated heterocycles. The molecule has 0 radical (unpaired) electrons. The van der Waals surface area contributed by atoms with Crippen LogP contribution in [-0.4, -0.2) is 42.7 Å². The second-order valence-corrected chi connectivity index (χ2v) is 7.63. The van der Waals surface area contributed by atoms with E-state index in [2.05, 4.69) is 21.1 Å². The van der Waals surface area contributed by atoms with Gasteiger partial charge in [-0.15, -0.1) is 0 Å². The van der Waals surface area contributed by atoms with Crippen molar-refractivity contribution >= 4 is 27.6 Å². The van der Waals surface area contributed by atoms with E-state index in [1.807, 2.05) is 6.92 Å². The molecule has 1 aliphatic rings. The Morgan fingerprint density at radius 3 is 2.77 bits per heavy atom. The van der Waals surface area contributed by atoms with E-state index in [1.165, 1.54) is 12.1 Å². The molecule has 0 N–H and O–H groups in total. The quantitative estimate of drug-likeness (QED) is 0.640. The Labute approximate surface area is 160 Å². The van der Waals surface area contributed by atoms with E-state index in [1.54, 1.807) is 27.7 Å². The van der Waals surface area contributed by atoms with E-state index in [0.29, 0.717) is 17.9 Å². The maximum absolute atomic E-state index is 14.1. The van der Waals surface area contributed by atoms with Crippen molar-refractivity contribution in [1.29, 1.82) is 0 Å². The number of halogens is 2. The number of carbonyl (C=O) groups excluding carboxylic acids is 1. The van der Waals surface area contributed by atoms with Crippen LogP contribution in [0.15, 0.2) is 21.8 Å². The minimum absolute atomic E-state index is 0.165. The summed E-state index contributed by atoms with van der Waals surface area (Å²) < 4.78 is 30.9. The molecule has 0 aromatic heterocycles. The lowest BCUT2D eigenvalue weighted by atomic mass is 10.0. The van der Waals surface area contributed by atoms with Gasteiger partial charge < -0.3 is 19.0 Å². The number of esters is 1. The zero-order chi connectivity index (χ0) is 19.5. The van der Waals surface area contributed by atoms with Crippen molar-refractivity contribution in [3.8, 4) is 5.75 Å². The third-order valence-electron chi connectivity index (χ3n) is 3.40. The van der Waals surface area contributed by atoms with Gasteiger partial charge in [0.05, 0.1) is 4.47 Å². The van der Waals surface area contributed by atoms with Crippen molar-refractivity contribution in [3.63, 3.8) is 0 Å². The fourth-order valence-electron chi connectivity index (χ4n) is 2.31. The van der Waals surface area contributed by atoms with E-state index < -0.39 is 29.6 Å². The van der Waals surface area contributed by atoms with Crippen LogP contribution in [0.4, 0.5) is 4.39 Å².